The molecule has 0 amide bonds. The number of ether oxygens (including phenoxy) is 1. The summed E-state index contributed by atoms with van der Waals surface area (Å²) in [4.78, 5) is 4.30. The standard InChI is InChI=1S/C13H22N2OS/c1-3-13(4-2)9-11(5-7-16-13)15-10-12-14-6-8-17-12/h6,8,11,15H,3-5,7,9-10H2,1-2H3. The molecule has 0 radical (unpaired) electrons. The first-order valence-corrected chi connectivity index (χ1v) is 7.41. The largest absolute Gasteiger partial charge is 0.375 e. The van der Waals surface area contributed by atoms with E-state index in [1.54, 1.807) is 11.3 Å². The number of nitrogens with zero attached hydrogens (tertiary/aromatic N) is 1. The van der Waals surface area contributed by atoms with E-state index in [-0.39, 0.29) is 5.60 Å². The molecule has 0 spiro atoms. The molecule has 0 aromatic carbocycles. The summed E-state index contributed by atoms with van der Waals surface area (Å²) in [7, 11) is 0. The first kappa shape index (κ1) is 13.0. The minimum atomic E-state index is 0.110. The number of nitrogens with one attached hydrogen (secondary N) is 1. The van der Waals surface area contributed by atoms with Crippen molar-refractivity contribution >= 4 is 11.3 Å². The summed E-state index contributed by atoms with van der Waals surface area (Å²) in [5.74, 6) is 0. The van der Waals surface area contributed by atoms with E-state index in [0.29, 0.717) is 6.04 Å². The molecule has 2 rings (SSSR count). The Balaban J connectivity index is 1.85. The predicted molar refractivity (Wildman–Crippen MR) is 71.2 cm³/mol. The highest BCUT2D eigenvalue weighted by molar-refractivity contribution is 7.09. The van der Waals surface area contributed by atoms with Crippen molar-refractivity contribution in [1.82, 2.24) is 10.3 Å². The third-order valence-corrected chi connectivity index (χ3v) is 4.59. The van der Waals surface area contributed by atoms with Crippen LogP contribution in [0.4, 0.5) is 0 Å². The fraction of sp³-hybridized carbons (Fsp3) is 0.769. The highest BCUT2D eigenvalue weighted by Crippen LogP contribution is 2.31. The van der Waals surface area contributed by atoms with Gasteiger partial charge in [0.1, 0.15) is 5.01 Å². The molecule has 1 aliphatic heterocycles. The molecule has 96 valence electrons. The smallest absolute Gasteiger partial charge is 0.106 e. The van der Waals surface area contributed by atoms with Crippen LogP contribution in [0.15, 0.2) is 11.6 Å². The van der Waals surface area contributed by atoms with E-state index in [9.17, 15) is 0 Å². The van der Waals surface area contributed by atoms with Crippen LogP contribution in [0.3, 0.4) is 0 Å². The highest BCUT2D eigenvalue weighted by Gasteiger charge is 2.34. The molecule has 0 bridgehead atoms. The van der Waals surface area contributed by atoms with Crippen LogP contribution in [0.5, 0.6) is 0 Å². The van der Waals surface area contributed by atoms with Gasteiger partial charge >= 0.3 is 0 Å². The van der Waals surface area contributed by atoms with Crippen molar-refractivity contribution in [2.75, 3.05) is 6.61 Å². The van der Waals surface area contributed by atoms with E-state index in [0.717, 1.165) is 38.8 Å². The lowest BCUT2D eigenvalue weighted by molar-refractivity contribution is -0.0932. The van der Waals surface area contributed by atoms with Crippen LogP contribution in [0.1, 0.15) is 44.5 Å². The summed E-state index contributed by atoms with van der Waals surface area (Å²) in [5.41, 5.74) is 0.110. The van der Waals surface area contributed by atoms with Gasteiger partial charge in [-0.25, -0.2) is 4.98 Å². The number of hydrogen-bond acceptors (Lipinski definition) is 4. The Morgan fingerprint density at radius 3 is 3.00 bits per heavy atom. The minimum Gasteiger partial charge on any atom is -0.375 e. The van der Waals surface area contributed by atoms with Gasteiger partial charge in [-0.1, -0.05) is 13.8 Å². The molecule has 17 heavy (non-hydrogen) atoms. The van der Waals surface area contributed by atoms with E-state index < -0.39 is 0 Å². The van der Waals surface area contributed by atoms with E-state index in [1.807, 2.05) is 11.6 Å². The minimum absolute atomic E-state index is 0.110. The Morgan fingerprint density at radius 2 is 2.35 bits per heavy atom. The third-order valence-electron chi connectivity index (χ3n) is 3.81. The molecule has 1 fully saturated rings. The van der Waals surface area contributed by atoms with Gasteiger partial charge in [0.15, 0.2) is 0 Å². The van der Waals surface area contributed by atoms with E-state index in [4.69, 9.17) is 4.74 Å². The maximum absolute atomic E-state index is 5.98. The van der Waals surface area contributed by atoms with Gasteiger partial charge in [-0.2, -0.15) is 0 Å². The number of rotatable bonds is 5. The summed E-state index contributed by atoms with van der Waals surface area (Å²) in [6.45, 7) is 6.24. The van der Waals surface area contributed by atoms with Crippen LogP contribution in [0.2, 0.25) is 0 Å². The monoisotopic (exact) mass is 254 g/mol. The van der Waals surface area contributed by atoms with Gasteiger partial charge in [0.2, 0.25) is 0 Å². The molecule has 1 aromatic heterocycles. The lowest BCUT2D eigenvalue weighted by Gasteiger charge is -2.40. The van der Waals surface area contributed by atoms with Crippen LogP contribution in [0.25, 0.3) is 0 Å². The average molecular weight is 254 g/mol. The molecule has 1 N–H and O–H groups in total. The predicted octanol–water partition coefficient (Wildman–Crippen LogP) is 2.97. The average Bonchev–Trinajstić information content (AvgIpc) is 2.90. The normalized spacial score (nSPS) is 23.8. The van der Waals surface area contributed by atoms with Crippen molar-refractivity contribution in [3.05, 3.63) is 16.6 Å². The van der Waals surface area contributed by atoms with Crippen molar-refractivity contribution in [1.29, 1.82) is 0 Å². The van der Waals surface area contributed by atoms with Crippen molar-refractivity contribution in [2.24, 2.45) is 0 Å². The van der Waals surface area contributed by atoms with Crippen LogP contribution < -0.4 is 5.32 Å². The summed E-state index contributed by atoms with van der Waals surface area (Å²) >= 11 is 1.72. The van der Waals surface area contributed by atoms with Crippen LogP contribution in [-0.2, 0) is 11.3 Å². The molecule has 1 unspecified atom stereocenters. The molecule has 1 aromatic rings. The second kappa shape index (κ2) is 5.94. The molecule has 0 saturated carbocycles. The third kappa shape index (κ3) is 3.27. The second-order valence-corrected chi connectivity index (χ2v) is 5.71. The molecule has 3 nitrogen and oxygen atoms in total. The zero-order valence-electron chi connectivity index (χ0n) is 10.7. The van der Waals surface area contributed by atoms with Crippen molar-refractivity contribution in [3.8, 4) is 0 Å². The van der Waals surface area contributed by atoms with Gasteiger partial charge in [-0.15, -0.1) is 11.3 Å². The Labute approximate surface area is 108 Å². The fourth-order valence-corrected chi connectivity index (χ4v) is 3.08. The fourth-order valence-electron chi connectivity index (χ4n) is 2.52. The Morgan fingerprint density at radius 1 is 1.53 bits per heavy atom. The number of aromatic nitrogens is 1. The molecule has 1 aliphatic rings. The molecular formula is C13H22N2OS. The quantitative estimate of drug-likeness (QED) is 0.877. The number of hydrogen-bond donors (Lipinski definition) is 1. The molecule has 0 aliphatic carbocycles. The van der Waals surface area contributed by atoms with Crippen molar-refractivity contribution < 1.29 is 4.74 Å². The molecule has 1 atom stereocenters. The van der Waals surface area contributed by atoms with Crippen LogP contribution in [-0.4, -0.2) is 23.2 Å². The highest BCUT2D eigenvalue weighted by atomic mass is 32.1. The van der Waals surface area contributed by atoms with Crippen molar-refractivity contribution in [3.63, 3.8) is 0 Å². The lowest BCUT2D eigenvalue weighted by Crippen LogP contribution is -2.46. The maximum atomic E-state index is 5.98. The van der Waals surface area contributed by atoms with E-state index in [1.165, 1.54) is 5.01 Å². The Kier molecular flexibility index (Phi) is 4.54. The Bertz CT molecular complexity index is 322. The summed E-state index contributed by atoms with van der Waals surface area (Å²) in [5, 5.41) is 6.82. The zero-order valence-corrected chi connectivity index (χ0v) is 11.6. The first-order valence-electron chi connectivity index (χ1n) is 6.53. The van der Waals surface area contributed by atoms with E-state index >= 15 is 0 Å². The SMILES string of the molecule is CCC1(CC)CC(NCc2nccs2)CCO1. The topological polar surface area (TPSA) is 34.2 Å². The molecule has 1 saturated heterocycles. The van der Waals surface area contributed by atoms with Gasteiger partial charge in [-0.05, 0) is 25.7 Å². The molecule has 4 heteroatoms. The summed E-state index contributed by atoms with van der Waals surface area (Å²) < 4.78 is 5.98. The van der Waals surface area contributed by atoms with Gasteiger partial charge in [0.05, 0.1) is 5.60 Å². The van der Waals surface area contributed by atoms with Gasteiger partial charge in [0.25, 0.3) is 0 Å². The second-order valence-electron chi connectivity index (χ2n) is 4.74. The maximum Gasteiger partial charge on any atom is 0.106 e. The van der Waals surface area contributed by atoms with Gasteiger partial charge in [-0.3, -0.25) is 0 Å². The van der Waals surface area contributed by atoms with E-state index in [2.05, 4.69) is 24.1 Å². The van der Waals surface area contributed by atoms with Gasteiger partial charge in [0, 0.05) is 30.8 Å². The Hall–Kier alpha value is -0.450. The van der Waals surface area contributed by atoms with Crippen molar-refractivity contribution in [2.45, 2.75) is 57.7 Å². The summed E-state index contributed by atoms with van der Waals surface area (Å²) in [6.07, 6.45) is 6.34. The number of thiazole rings is 1. The molecule has 2 heterocycles. The van der Waals surface area contributed by atoms with Gasteiger partial charge < -0.3 is 10.1 Å². The summed E-state index contributed by atoms with van der Waals surface area (Å²) in [6, 6.07) is 0.576. The van der Waals surface area contributed by atoms with Crippen LogP contribution in [0, 0.1) is 0 Å². The van der Waals surface area contributed by atoms with Crippen LogP contribution >= 0.6 is 11.3 Å². The zero-order chi connectivity index (χ0) is 12.1. The lowest BCUT2D eigenvalue weighted by atomic mass is 9.86. The first-order chi connectivity index (χ1) is 8.28. The molecular weight excluding hydrogens is 232 g/mol.